The van der Waals surface area contributed by atoms with Crippen molar-refractivity contribution < 1.29 is 27.5 Å². The van der Waals surface area contributed by atoms with Crippen molar-refractivity contribution in [1.82, 2.24) is 14.9 Å². The maximum atomic E-state index is 13.4. The molecule has 2 aliphatic rings. The predicted octanol–water partition coefficient (Wildman–Crippen LogP) is 3.91. The third kappa shape index (κ3) is 5.41. The van der Waals surface area contributed by atoms with E-state index in [9.17, 15) is 18.4 Å². The monoisotopic (exact) mass is 448 g/mol. The highest BCUT2D eigenvalue weighted by atomic mass is 19.3. The molecule has 2 fully saturated rings. The second-order valence-corrected chi connectivity index (χ2v) is 8.34. The van der Waals surface area contributed by atoms with Gasteiger partial charge < -0.3 is 14.1 Å². The first-order valence-corrected chi connectivity index (χ1v) is 10.9. The quantitative estimate of drug-likeness (QED) is 0.690. The zero-order valence-corrected chi connectivity index (χ0v) is 17.6. The minimum absolute atomic E-state index is 0.00752. The van der Waals surface area contributed by atoms with E-state index >= 15 is 0 Å². The summed E-state index contributed by atoms with van der Waals surface area (Å²) in [5.74, 6) is -2.82. The van der Waals surface area contributed by atoms with Crippen molar-refractivity contribution in [3.8, 4) is 5.75 Å². The van der Waals surface area contributed by atoms with Gasteiger partial charge in [-0.2, -0.15) is 0 Å². The van der Waals surface area contributed by atoms with E-state index in [4.69, 9.17) is 9.15 Å². The van der Waals surface area contributed by atoms with Crippen LogP contribution in [0, 0.1) is 5.92 Å². The molecule has 1 saturated heterocycles. The summed E-state index contributed by atoms with van der Waals surface area (Å²) in [5, 5.41) is 2.51. The number of alkyl halides is 2. The van der Waals surface area contributed by atoms with Gasteiger partial charge in [0.1, 0.15) is 12.9 Å². The summed E-state index contributed by atoms with van der Waals surface area (Å²) >= 11 is 0. The SMILES string of the molecule is O=C(Nc1ncco1)c1ncccc1OC[C@H]1CCCN1C(=O)CC1CCC(F)(F)CC1. The first-order chi connectivity index (χ1) is 15.4. The maximum Gasteiger partial charge on any atom is 0.301 e. The third-order valence-electron chi connectivity index (χ3n) is 6.07. The molecule has 4 rings (SSSR count). The average molecular weight is 448 g/mol. The number of nitrogens with zero attached hydrogens (tertiary/aromatic N) is 3. The molecule has 10 heteroatoms. The minimum atomic E-state index is -2.59. The molecule has 3 heterocycles. The summed E-state index contributed by atoms with van der Waals surface area (Å²) in [4.78, 5) is 35.1. The molecule has 32 heavy (non-hydrogen) atoms. The lowest BCUT2D eigenvalue weighted by molar-refractivity contribution is -0.134. The Hall–Kier alpha value is -3.04. The number of hydrogen-bond acceptors (Lipinski definition) is 6. The van der Waals surface area contributed by atoms with E-state index in [2.05, 4.69) is 15.3 Å². The fourth-order valence-corrected chi connectivity index (χ4v) is 4.31. The molecule has 2 amide bonds. The van der Waals surface area contributed by atoms with Gasteiger partial charge in [-0.25, -0.2) is 18.7 Å². The zero-order valence-electron chi connectivity index (χ0n) is 17.6. The molecule has 0 unspecified atom stereocenters. The van der Waals surface area contributed by atoms with Crippen LogP contribution in [0.2, 0.25) is 0 Å². The van der Waals surface area contributed by atoms with Crippen LogP contribution in [0.3, 0.4) is 0 Å². The van der Waals surface area contributed by atoms with Crippen LogP contribution in [-0.2, 0) is 4.79 Å². The first-order valence-electron chi connectivity index (χ1n) is 10.9. The van der Waals surface area contributed by atoms with Crippen LogP contribution in [0.25, 0.3) is 0 Å². The third-order valence-corrected chi connectivity index (χ3v) is 6.07. The Balaban J connectivity index is 1.33. The summed E-state index contributed by atoms with van der Waals surface area (Å²) in [6.45, 7) is 0.847. The second-order valence-electron chi connectivity index (χ2n) is 8.34. The van der Waals surface area contributed by atoms with Gasteiger partial charge in [0, 0.05) is 32.0 Å². The topological polar surface area (TPSA) is 97.6 Å². The van der Waals surface area contributed by atoms with E-state index in [0.717, 1.165) is 12.8 Å². The van der Waals surface area contributed by atoms with Gasteiger partial charge in [-0.1, -0.05) is 0 Å². The highest BCUT2D eigenvalue weighted by molar-refractivity contribution is 6.03. The van der Waals surface area contributed by atoms with Gasteiger partial charge in [0.15, 0.2) is 11.4 Å². The van der Waals surface area contributed by atoms with Crippen molar-refractivity contribution >= 4 is 17.8 Å². The number of likely N-dealkylation sites (tertiary alicyclic amines) is 1. The largest absolute Gasteiger partial charge is 0.489 e. The summed E-state index contributed by atoms with van der Waals surface area (Å²) in [6.07, 6.45) is 6.65. The van der Waals surface area contributed by atoms with Crippen LogP contribution in [0.1, 0.15) is 55.4 Å². The normalized spacial score (nSPS) is 20.8. The molecule has 1 aliphatic heterocycles. The van der Waals surface area contributed by atoms with E-state index in [1.165, 1.54) is 18.7 Å². The molecule has 0 spiro atoms. The molecule has 0 bridgehead atoms. The predicted molar refractivity (Wildman–Crippen MR) is 110 cm³/mol. The number of aromatic nitrogens is 2. The number of halogens is 2. The van der Waals surface area contributed by atoms with Gasteiger partial charge in [-0.15, -0.1) is 0 Å². The Bertz CT molecular complexity index is 928. The Labute approximate surface area is 184 Å². The molecule has 2 aromatic heterocycles. The smallest absolute Gasteiger partial charge is 0.301 e. The van der Waals surface area contributed by atoms with Crippen LogP contribution >= 0.6 is 0 Å². The number of anilines is 1. The maximum absolute atomic E-state index is 13.4. The standard InChI is InChI=1S/C22H26F2N4O4/c23-22(24)7-5-15(6-8-22)13-18(29)28-11-2-3-16(28)14-32-17-4-1-9-25-19(17)20(30)27-21-26-10-12-31-21/h1,4,9-10,12,15-16H,2-3,5-8,11,13-14H2,(H,26,27,30)/t16-/m1/s1. The minimum Gasteiger partial charge on any atom is -0.489 e. The first kappa shape index (κ1) is 22.2. The van der Waals surface area contributed by atoms with E-state index in [0.29, 0.717) is 31.6 Å². The Morgan fingerprint density at radius 2 is 2.03 bits per heavy atom. The lowest BCUT2D eigenvalue weighted by Gasteiger charge is -2.30. The summed E-state index contributed by atoms with van der Waals surface area (Å²) in [5.41, 5.74) is 0.0877. The number of nitrogens with one attached hydrogen (secondary N) is 1. The molecule has 1 atom stereocenters. The van der Waals surface area contributed by atoms with E-state index < -0.39 is 11.8 Å². The van der Waals surface area contributed by atoms with Crippen molar-refractivity contribution in [1.29, 1.82) is 0 Å². The van der Waals surface area contributed by atoms with Crippen molar-refractivity contribution in [2.75, 3.05) is 18.5 Å². The molecule has 0 aromatic carbocycles. The number of ether oxygens (including phenoxy) is 1. The molecule has 1 aliphatic carbocycles. The van der Waals surface area contributed by atoms with Crippen LogP contribution in [-0.4, -0.2) is 51.8 Å². The lowest BCUT2D eigenvalue weighted by atomic mass is 9.84. The van der Waals surface area contributed by atoms with Crippen LogP contribution in [0.5, 0.6) is 5.75 Å². The van der Waals surface area contributed by atoms with Gasteiger partial charge in [-0.3, -0.25) is 14.9 Å². The van der Waals surface area contributed by atoms with E-state index in [1.807, 2.05) is 0 Å². The molecule has 172 valence electrons. The zero-order chi connectivity index (χ0) is 22.6. The highest BCUT2D eigenvalue weighted by Crippen LogP contribution is 2.38. The Morgan fingerprint density at radius 1 is 1.22 bits per heavy atom. The molecule has 8 nitrogen and oxygen atoms in total. The molecule has 2 aromatic rings. The van der Waals surface area contributed by atoms with Gasteiger partial charge in [0.25, 0.3) is 5.91 Å². The fraction of sp³-hybridized carbons (Fsp3) is 0.545. The molecule has 0 radical (unpaired) electrons. The van der Waals surface area contributed by atoms with Gasteiger partial charge in [0.05, 0.1) is 12.2 Å². The number of hydrogen-bond donors (Lipinski definition) is 1. The molecule has 1 saturated carbocycles. The van der Waals surface area contributed by atoms with Gasteiger partial charge >= 0.3 is 6.01 Å². The number of carbonyl (C=O) groups excluding carboxylic acids is 2. The van der Waals surface area contributed by atoms with Crippen molar-refractivity contribution in [3.63, 3.8) is 0 Å². The van der Waals surface area contributed by atoms with Crippen LogP contribution in [0.4, 0.5) is 14.8 Å². The van der Waals surface area contributed by atoms with E-state index in [-0.39, 0.29) is 49.0 Å². The number of oxazole rings is 1. The van der Waals surface area contributed by atoms with Crippen molar-refractivity contribution in [3.05, 3.63) is 36.5 Å². The summed E-state index contributed by atoms with van der Waals surface area (Å²) in [6, 6.07) is 3.23. The Morgan fingerprint density at radius 3 is 2.78 bits per heavy atom. The number of amides is 2. The summed E-state index contributed by atoms with van der Waals surface area (Å²) in [7, 11) is 0. The van der Waals surface area contributed by atoms with Gasteiger partial charge in [0.2, 0.25) is 11.8 Å². The van der Waals surface area contributed by atoms with Crippen molar-refractivity contribution in [2.45, 2.75) is 56.9 Å². The number of carbonyl (C=O) groups is 2. The summed E-state index contributed by atoms with van der Waals surface area (Å²) < 4.78 is 37.7. The number of rotatable bonds is 7. The van der Waals surface area contributed by atoms with Gasteiger partial charge in [-0.05, 0) is 43.7 Å². The molecular formula is C22H26F2N4O4. The number of pyridine rings is 1. The van der Waals surface area contributed by atoms with Crippen LogP contribution < -0.4 is 10.1 Å². The molecule has 1 N–H and O–H groups in total. The highest BCUT2D eigenvalue weighted by Gasteiger charge is 2.37. The molecular weight excluding hydrogens is 422 g/mol. The van der Waals surface area contributed by atoms with E-state index in [1.54, 1.807) is 17.0 Å². The van der Waals surface area contributed by atoms with Crippen molar-refractivity contribution in [2.24, 2.45) is 5.92 Å². The lowest BCUT2D eigenvalue weighted by Crippen LogP contribution is -2.40. The van der Waals surface area contributed by atoms with Crippen LogP contribution in [0.15, 0.2) is 35.2 Å². The second kappa shape index (κ2) is 9.62. The average Bonchev–Trinajstić information content (AvgIpc) is 3.46. The Kier molecular flexibility index (Phi) is 6.66. The fourth-order valence-electron chi connectivity index (χ4n) is 4.31.